The Morgan fingerprint density at radius 3 is 2.60 bits per heavy atom. The molecule has 0 saturated heterocycles. The summed E-state index contributed by atoms with van der Waals surface area (Å²) in [6, 6.07) is 0. The van der Waals surface area contributed by atoms with Gasteiger partial charge in [0.15, 0.2) is 6.10 Å². The highest BCUT2D eigenvalue weighted by molar-refractivity contribution is 5.78. The van der Waals surface area contributed by atoms with Crippen LogP contribution in [0.4, 0.5) is 13.2 Å². The molecule has 0 fully saturated rings. The van der Waals surface area contributed by atoms with Gasteiger partial charge in [0.2, 0.25) is 5.91 Å². The molecule has 0 aliphatic heterocycles. The topological polar surface area (TPSA) is 61.4 Å². The van der Waals surface area contributed by atoms with Gasteiger partial charge in [-0.05, 0) is 0 Å². The van der Waals surface area contributed by atoms with Crippen molar-refractivity contribution in [3.05, 3.63) is 0 Å². The van der Waals surface area contributed by atoms with Crippen LogP contribution in [-0.4, -0.2) is 42.9 Å². The van der Waals surface area contributed by atoms with Crippen molar-refractivity contribution in [1.82, 2.24) is 10.6 Å². The van der Waals surface area contributed by atoms with E-state index in [0.717, 1.165) is 0 Å². The largest absolute Gasteiger partial charge is 0.416 e. The van der Waals surface area contributed by atoms with E-state index >= 15 is 0 Å². The lowest BCUT2D eigenvalue weighted by molar-refractivity contribution is -0.201. The number of aliphatic hydroxyl groups is 1. The van der Waals surface area contributed by atoms with Gasteiger partial charge in [-0.1, -0.05) is 5.92 Å². The predicted molar refractivity (Wildman–Crippen MR) is 46.8 cm³/mol. The van der Waals surface area contributed by atoms with Crippen molar-refractivity contribution in [3.63, 3.8) is 0 Å². The fourth-order valence-electron chi connectivity index (χ4n) is 0.637. The molecule has 4 nitrogen and oxygen atoms in total. The predicted octanol–water partition coefficient (Wildman–Crippen LogP) is -0.751. The van der Waals surface area contributed by atoms with Crippen LogP contribution < -0.4 is 10.6 Å². The summed E-state index contributed by atoms with van der Waals surface area (Å²) in [6.07, 6.45) is -2.41. The van der Waals surface area contributed by atoms with E-state index in [9.17, 15) is 18.0 Å². The van der Waals surface area contributed by atoms with Crippen LogP contribution in [0.3, 0.4) is 0 Å². The smallest absolute Gasteiger partial charge is 0.382 e. The minimum absolute atomic E-state index is 0.148. The normalized spacial score (nSPS) is 13.0. The quantitative estimate of drug-likeness (QED) is 0.425. The minimum Gasteiger partial charge on any atom is -0.382 e. The van der Waals surface area contributed by atoms with Crippen LogP contribution in [0.2, 0.25) is 0 Å². The van der Waals surface area contributed by atoms with Crippen molar-refractivity contribution >= 4 is 5.91 Å². The van der Waals surface area contributed by atoms with E-state index in [2.05, 4.69) is 11.2 Å². The molecule has 3 N–H and O–H groups in total. The standard InChI is InChI=1S/C8H11F3N2O2/c1-2-3-12-5-7(15)13-4-6(14)8(9,10)11/h1,6,12,14H,3-5H2,(H,13,15). The Morgan fingerprint density at radius 1 is 1.53 bits per heavy atom. The second kappa shape index (κ2) is 6.27. The van der Waals surface area contributed by atoms with Gasteiger partial charge in [0.25, 0.3) is 0 Å². The summed E-state index contributed by atoms with van der Waals surface area (Å²) in [5.74, 6) is 1.53. The molecule has 0 aliphatic carbocycles. The molecule has 0 aromatic rings. The van der Waals surface area contributed by atoms with Crippen LogP contribution in [0.15, 0.2) is 0 Å². The molecule has 0 rings (SSSR count). The number of carbonyl (C=O) groups is 1. The number of aliphatic hydroxyl groups excluding tert-OH is 1. The Morgan fingerprint density at radius 2 is 2.13 bits per heavy atom. The number of amides is 1. The van der Waals surface area contributed by atoms with Gasteiger partial charge >= 0.3 is 6.18 Å². The molecule has 1 unspecified atom stereocenters. The zero-order chi connectivity index (χ0) is 11.9. The molecular formula is C8H11F3N2O2. The van der Waals surface area contributed by atoms with Crippen LogP contribution in [0, 0.1) is 12.3 Å². The third-order valence-electron chi connectivity index (χ3n) is 1.38. The second-order valence-electron chi connectivity index (χ2n) is 2.67. The Bertz CT molecular complexity index is 247. The molecule has 0 aliphatic rings. The first-order chi connectivity index (χ1) is 6.88. The summed E-state index contributed by atoms with van der Waals surface area (Å²) in [6.45, 7) is -0.899. The fraction of sp³-hybridized carbons (Fsp3) is 0.625. The first-order valence-corrected chi connectivity index (χ1v) is 4.03. The molecule has 1 atom stereocenters. The number of carbonyl (C=O) groups excluding carboxylic acids is 1. The Labute approximate surface area is 84.8 Å². The molecule has 1 amide bonds. The molecular weight excluding hydrogens is 213 g/mol. The molecule has 0 bridgehead atoms. The molecule has 7 heteroatoms. The van der Waals surface area contributed by atoms with Crippen molar-refractivity contribution in [2.75, 3.05) is 19.6 Å². The summed E-state index contributed by atoms with van der Waals surface area (Å²) in [5.41, 5.74) is 0. The van der Waals surface area contributed by atoms with Crippen LogP contribution in [0.5, 0.6) is 0 Å². The van der Waals surface area contributed by atoms with Crippen molar-refractivity contribution in [2.45, 2.75) is 12.3 Å². The van der Waals surface area contributed by atoms with Crippen LogP contribution in [0.25, 0.3) is 0 Å². The van der Waals surface area contributed by atoms with E-state index in [1.807, 2.05) is 5.32 Å². The van der Waals surface area contributed by atoms with E-state index in [-0.39, 0.29) is 13.1 Å². The SMILES string of the molecule is C#CCNCC(=O)NCC(O)C(F)(F)F. The summed E-state index contributed by atoms with van der Waals surface area (Å²) in [4.78, 5) is 10.8. The number of hydrogen-bond donors (Lipinski definition) is 3. The van der Waals surface area contributed by atoms with E-state index in [1.165, 1.54) is 0 Å². The molecule has 15 heavy (non-hydrogen) atoms. The van der Waals surface area contributed by atoms with Gasteiger partial charge in [-0.2, -0.15) is 13.2 Å². The first-order valence-electron chi connectivity index (χ1n) is 4.03. The van der Waals surface area contributed by atoms with Crippen molar-refractivity contribution < 1.29 is 23.1 Å². The Hall–Kier alpha value is -1.26. The van der Waals surface area contributed by atoms with Crippen molar-refractivity contribution in [1.29, 1.82) is 0 Å². The Balaban J connectivity index is 3.68. The summed E-state index contributed by atoms with van der Waals surface area (Å²) in [7, 11) is 0. The summed E-state index contributed by atoms with van der Waals surface area (Å²) >= 11 is 0. The number of hydrogen-bond acceptors (Lipinski definition) is 3. The lowest BCUT2D eigenvalue weighted by Crippen LogP contribution is -2.43. The number of nitrogens with one attached hydrogen (secondary N) is 2. The zero-order valence-electron chi connectivity index (χ0n) is 7.77. The number of terminal acetylenes is 1. The molecule has 0 aromatic heterocycles. The van der Waals surface area contributed by atoms with Crippen LogP contribution >= 0.6 is 0 Å². The summed E-state index contributed by atoms with van der Waals surface area (Å²) < 4.78 is 35.3. The average Bonchev–Trinajstić information content (AvgIpc) is 2.13. The lowest BCUT2D eigenvalue weighted by Gasteiger charge is -2.14. The summed E-state index contributed by atoms with van der Waals surface area (Å²) in [5, 5.41) is 12.9. The van der Waals surface area contributed by atoms with Gasteiger partial charge < -0.3 is 10.4 Å². The van der Waals surface area contributed by atoms with E-state index < -0.39 is 24.7 Å². The second-order valence-corrected chi connectivity index (χ2v) is 2.67. The van der Waals surface area contributed by atoms with Gasteiger partial charge in [0, 0.05) is 0 Å². The van der Waals surface area contributed by atoms with Gasteiger partial charge in [-0.3, -0.25) is 10.1 Å². The van der Waals surface area contributed by atoms with Gasteiger partial charge in [-0.15, -0.1) is 6.42 Å². The maximum Gasteiger partial charge on any atom is 0.416 e. The molecule has 0 saturated carbocycles. The van der Waals surface area contributed by atoms with Crippen LogP contribution in [0.1, 0.15) is 0 Å². The monoisotopic (exact) mass is 224 g/mol. The highest BCUT2D eigenvalue weighted by Crippen LogP contribution is 2.18. The number of rotatable bonds is 5. The highest BCUT2D eigenvalue weighted by Gasteiger charge is 2.38. The number of halogens is 3. The van der Waals surface area contributed by atoms with Gasteiger partial charge in [0.1, 0.15) is 0 Å². The lowest BCUT2D eigenvalue weighted by atomic mass is 10.3. The maximum absolute atomic E-state index is 11.8. The molecule has 0 spiro atoms. The first kappa shape index (κ1) is 13.7. The third-order valence-corrected chi connectivity index (χ3v) is 1.38. The molecule has 0 radical (unpaired) electrons. The van der Waals surface area contributed by atoms with E-state index in [4.69, 9.17) is 11.5 Å². The Kier molecular flexibility index (Phi) is 5.74. The van der Waals surface area contributed by atoms with E-state index in [1.54, 1.807) is 0 Å². The third kappa shape index (κ3) is 6.76. The molecule has 0 aromatic carbocycles. The van der Waals surface area contributed by atoms with Crippen molar-refractivity contribution in [2.24, 2.45) is 0 Å². The molecule has 86 valence electrons. The number of alkyl halides is 3. The van der Waals surface area contributed by atoms with E-state index in [0.29, 0.717) is 0 Å². The fourth-order valence-corrected chi connectivity index (χ4v) is 0.637. The maximum atomic E-state index is 11.8. The van der Waals surface area contributed by atoms with Crippen molar-refractivity contribution in [3.8, 4) is 12.3 Å². The van der Waals surface area contributed by atoms with Gasteiger partial charge in [0.05, 0.1) is 19.6 Å². The van der Waals surface area contributed by atoms with Crippen LogP contribution in [-0.2, 0) is 4.79 Å². The van der Waals surface area contributed by atoms with Gasteiger partial charge in [-0.25, -0.2) is 0 Å². The average molecular weight is 224 g/mol. The highest BCUT2D eigenvalue weighted by atomic mass is 19.4. The minimum atomic E-state index is -4.72. The zero-order valence-corrected chi connectivity index (χ0v) is 7.77. The molecule has 0 heterocycles.